The molecule has 0 aliphatic heterocycles. The second-order valence-electron chi connectivity index (χ2n) is 7.92. The van der Waals surface area contributed by atoms with Crippen LogP contribution in [-0.2, 0) is 4.79 Å². The van der Waals surface area contributed by atoms with Crippen LogP contribution in [0.5, 0.6) is 0 Å². The van der Waals surface area contributed by atoms with Gasteiger partial charge in [0.15, 0.2) is 5.76 Å². The molecule has 0 saturated heterocycles. The van der Waals surface area contributed by atoms with Gasteiger partial charge in [0.1, 0.15) is 0 Å². The summed E-state index contributed by atoms with van der Waals surface area (Å²) >= 11 is 0. The quantitative estimate of drug-likeness (QED) is 0.602. The lowest BCUT2D eigenvalue weighted by atomic mass is 9.45. The van der Waals surface area contributed by atoms with Crippen molar-refractivity contribution in [2.75, 3.05) is 0 Å². The minimum absolute atomic E-state index is 0.145. The largest absolute Gasteiger partial charge is 0.461 e. The monoisotopic (exact) mass is 340 g/mol. The van der Waals surface area contributed by atoms with Gasteiger partial charge in [-0.15, -0.1) is 0 Å². The Kier molecular flexibility index (Phi) is 3.45. The lowest BCUT2D eigenvalue weighted by molar-refractivity contribution is -0.183. The molecule has 6 heteroatoms. The molecule has 3 nitrogen and oxygen atoms in total. The Morgan fingerprint density at radius 1 is 1.08 bits per heavy atom. The lowest BCUT2D eigenvalue weighted by Gasteiger charge is -2.58. The number of furan rings is 1. The molecule has 1 aromatic heterocycles. The summed E-state index contributed by atoms with van der Waals surface area (Å²) in [4.78, 5) is 25.0. The van der Waals surface area contributed by atoms with Crippen molar-refractivity contribution in [3.8, 4) is 0 Å². The normalized spacial score (nSPS) is 35.9. The summed E-state index contributed by atoms with van der Waals surface area (Å²) in [6, 6.07) is 2.81. The number of hydrogen-bond acceptors (Lipinski definition) is 3. The van der Waals surface area contributed by atoms with E-state index in [9.17, 15) is 22.8 Å². The number of hydrogen-bond donors (Lipinski definition) is 0. The predicted octanol–water partition coefficient (Wildman–Crippen LogP) is 4.43. The molecule has 5 rings (SSSR count). The van der Waals surface area contributed by atoms with Crippen molar-refractivity contribution in [1.82, 2.24) is 0 Å². The maximum atomic E-state index is 13.3. The smallest absolute Gasteiger partial charge is 0.450 e. The van der Waals surface area contributed by atoms with Crippen molar-refractivity contribution in [2.45, 2.75) is 44.7 Å². The fourth-order valence-corrected chi connectivity index (χ4v) is 5.93. The fourth-order valence-electron chi connectivity index (χ4n) is 5.93. The first-order valence-corrected chi connectivity index (χ1v) is 8.47. The zero-order valence-corrected chi connectivity index (χ0v) is 13.1. The SMILES string of the molecule is O=C(c1ccco1)C(C(=O)C(F)(F)F)C12CC3CC(CC(C3)C1)C2. The molecule has 24 heavy (non-hydrogen) atoms. The molecule has 4 saturated carbocycles. The van der Waals surface area contributed by atoms with Gasteiger partial charge in [0.05, 0.1) is 12.2 Å². The van der Waals surface area contributed by atoms with Crippen molar-refractivity contribution in [1.29, 1.82) is 0 Å². The fraction of sp³-hybridized carbons (Fsp3) is 0.667. The van der Waals surface area contributed by atoms with Gasteiger partial charge in [-0.25, -0.2) is 0 Å². The first kappa shape index (κ1) is 15.9. The van der Waals surface area contributed by atoms with Crippen LogP contribution in [0.15, 0.2) is 22.8 Å². The third-order valence-electron chi connectivity index (χ3n) is 6.27. The van der Waals surface area contributed by atoms with Crippen LogP contribution < -0.4 is 0 Å². The van der Waals surface area contributed by atoms with E-state index in [0.717, 1.165) is 19.3 Å². The van der Waals surface area contributed by atoms with Gasteiger partial charge < -0.3 is 4.42 Å². The molecule has 0 spiro atoms. The molecule has 1 heterocycles. The van der Waals surface area contributed by atoms with E-state index in [4.69, 9.17) is 4.42 Å². The van der Waals surface area contributed by atoms with Crippen LogP contribution >= 0.6 is 0 Å². The number of carbonyl (C=O) groups excluding carboxylic acids is 2. The van der Waals surface area contributed by atoms with Gasteiger partial charge in [-0.3, -0.25) is 9.59 Å². The zero-order chi connectivity index (χ0) is 17.1. The van der Waals surface area contributed by atoms with Crippen molar-refractivity contribution in [2.24, 2.45) is 29.1 Å². The number of alkyl halides is 3. The van der Waals surface area contributed by atoms with Crippen LogP contribution in [0.2, 0.25) is 0 Å². The molecule has 0 radical (unpaired) electrons. The molecule has 4 aliphatic carbocycles. The Balaban J connectivity index is 1.75. The van der Waals surface area contributed by atoms with E-state index >= 15 is 0 Å². The molecule has 130 valence electrons. The summed E-state index contributed by atoms with van der Waals surface area (Å²) < 4.78 is 44.8. The summed E-state index contributed by atoms with van der Waals surface area (Å²) in [6.45, 7) is 0. The average Bonchev–Trinajstić information content (AvgIpc) is 2.98. The van der Waals surface area contributed by atoms with E-state index in [1.807, 2.05) is 0 Å². The van der Waals surface area contributed by atoms with Crippen LogP contribution in [-0.4, -0.2) is 17.7 Å². The number of Topliss-reactive ketones (excluding diaryl/α,β-unsaturated/α-hetero) is 2. The Hall–Kier alpha value is -1.59. The van der Waals surface area contributed by atoms with E-state index in [-0.39, 0.29) is 5.76 Å². The van der Waals surface area contributed by atoms with Crippen molar-refractivity contribution in [3.63, 3.8) is 0 Å². The molecular weight excluding hydrogens is 321 g/mol. The third kappa shape index (κ3) is 2.42. The predicted molar refractivity (Wildman–Crippen MR) is 78.2 cm³/mol. The van der Waals surface area contributed by atoms with E-state index in [1.165, 1.54) is 18.4 Å². The lowest BCUT2D eigenvalue weighted by Crippen LogP contribution is -2.55. The van der Waals surface area contributed by atoms with Gasteiger partial charge in [0.2, 0.25) is 11.6 Å². The molecule has 4 aliphatic rings. The highest BCUT2D eigenvalue weighted by Crippen LogP contribution is 2.63. The Bertz CT molecular complexity index is 624. The van der Waals surface area contributed by atoms with Gasteiger partial charge in [0.25, 0.3) is 0 Å². The molecular formula is C18H19F3O3. The highest BCUT2D eigenvalue weighted by atomic mass is 19.4. The number of rotatable bonds is 4. The molecule has 0 amide bonds. The van der Waals surface area contributed by atoms with Crippen molar-refractivity contribution >= 4 is 11.6 Å². The second kappa shape index (κ2) is 5.20. The Labute approximate surface area is 137 Å². The Morgan fingerprint density at radius 2 is 1.62 bits per heavy atom. The molecule has 0 N–H and O–H groups in total. The van der Waals surface area contributed by atoms with E-state index < -0.39 is 29.1 Å². The maximum absolute atomic E-state index is 13.3. The van der Waals surface area contributed by atoms with E-state index in [1.54, 1.807) is 0 Å². The number of ketones is 2. The highest BCUT2D eigenvalue weighted by molar-refractivity contribution is 6.11. The molecule has 0 aromatic carbocycles. The molecule has 4 bridgehead atoms. The molecule has 4 fully saturated rings. The molecule has 1 aromatic rings. The zero-order valence-electron chi connectivity index (χ0n) is 13.1. The van der Waals surface area contributed by atoms with Gasteiger partial charge in [-0.2, -0.15) is 13.2 Å². The minimum Gasteiger partial charge on any atom is -0.461 e. The summed E-state index contributed by atoms with van der Waals surface area (Å²) in [5.74, 6) is -3.45. The topological polar surface area (TPSA) is 47.3 Å². The summed E-state index contributed by atoms with van der Waals surface area (Å²) in [5, 5.41) is 0. The summed E-state index contributed by atoms with van der Waals surface area (Å²) in [7, 11) is 0. The third-order valence-corrected chi connectivity index (χ3v) is 6.27. The van der Waals surface area contributed by atoms with Crippen molar-refractivity contribution < 1.29 is 27.2 Å². The molecule has 1 atom stereocenters. The standard InChI is InChI=1S/C18H19F3O3/c19-18(20,21)16(23)14(15(22)13-2-1-3-24-13)17-7-10-4-11(8-17)6-12(5-10)9-17/h1-3,10-12,14H,4-9H2. The first-order valence-electron chi connectivity index (χ1n) is 8.47. The van der Waals surface area contributed by atoms with Crippen LogP contribution in [0.1, 0.15) is 49.1 Å². The minimum atomic E-state index is -5.00. The first-order chi connectivity index (χ1) is 11.3. The van der Waals surface area contributed by atoms with E-state index in [2.05, 4.69) is 0 Å². The second-order valence-corrected chi connectivity index (χ2v) is 7.92. The molecule has 1 unspecified atom stereocenters. The van der Waals surface area contributed by atoms with Gasteiger partial charge in [-0.05, 0) is 73.8 Å². The van der Waals surface area contributed by atoms with Gasteiger partial charge in [0, 0.05) is 0 Å². The van der Waals surface area contributed by atoms with Crippen LogP contribution in [0, 0.1) is 29.1 Å². The Morgan fingerprint density at radius 3 is 2.04 bits per heavy atom. The van der Waals surface area contributed by atoms with E-state index in [0.29, 0.717) is 37.0 Å². The maximum Gasteiger partial charge on any atom is 0.450 e. The number of carbonyl (C=O) groups is 2. The summed E-state index contributed by atoms with van der Waals surface area (Å²) in [6.07, 6.45) is 0.995. The van der Waals surface area contributed by atoms with Crippen LogP contribution in [0.3, 0.4) is 0 Å². The highest BCUT2D eigenvalue weighted by Gasteiger charge is 2.61. The van der Waals surface area contributed by atoms with Crippen LogP contribution in [0.4, 0.5) is 13.2 Å². The summed E-state index contributed by atoms with van der Waals surface area (Å²) in [5.41, 5.74) is -0.842. The average molecular weight is 340 g/mol. The van der Waals surface area contributed by atoms with Gasteiger partial charge >= 0.3 is 6.18 Å². The van der Waals surface area contributed by atoms with Crippen LogP contribution in [0.25, 0.3) is 0 Å². The van der Waals surface area contributed by atoms with Gasteiger partial charge in [-0.1, -0.05) is 0 Å². The van der Waals surface area contributed by atoms with Crippen molar-refractivity contribution in [3.05, 3.63) is 24.2 Å². The number of halogens is 3.